The zero-order chi connectivity index (χ0) is 54.5. The van der Waals surface area contributed by atoms with E-state index in [-0.39, 0.29) is 144 Å². The number of carboxylic acids is 3. The summed E-state index contributed by atoms with van der Waals surface area (Å²) in [6.07, 6.45) is 29.5. The molecular weight excluding hydrogens is 1130 g/mol. The maximum atomic E-state index is 13.1. The van der Waals surface area contributed by atoms with Crippen LogP contribution >= 0.6 is 7.82 Å². The Bertz CT molecular complexity index is 1520. The second-order valence-corrected chi connectivity index (χ2v) is 21.5. The van der Waals surface area contributed by atoms with E-state index in [4.69, 9.17) is 18.5 Å². The van der Waals surface area contributed by atoms with E-state index in [9.17, 15) is 53.5 Å². The van der Waals surface area contributed by atoms with Crippen LogP contribution in [-0.4, -0.2) is 187 Å². The molecule has 0 spiro atoms. The minimum Gasteiger partial charge on any atom is -0.480 e. The number of amides is 1. The van der Waals surface area contributed by atoms with Crippen molar-refractivity contribution in [1.29, 1.82) is 0 Å². The topological polar surface area (TPSA) is 262 Å². The van der Waals surface area contributed by atoms with E-state index in [1.807, 2.05) is 0 Å². The molecule has 22 heteroatoms. The Hall–Kier alpha value is -1.91. The van der Waals surface area contributed by atoms with Gasteiger partial charge >= 0.3 is 77.6 Å². The zero-order valence-corrected chi connectivity index (χ0v) is 49.2. The number of hydrogen-bond donors (Lipinski definition) is 5. The Kier molecular flexibility index (Phi) is 47.9. The molecule has 0 aromatic heterocycles. The van der Waals surface area contributed by atoms with Crippen molar-refractivity contribution < 1.29 is 112 Å². The van der Waals surface area contributed by atoms with E-state index in [1.165, 1.54) is 116 Å². The molecule has 1 saturated heterocycles. The second kappa shape index (κ2) is 49.2. The summed E-state index contributed by atoms with van der Waals surface area (Å²) in [7, 11) is -4.74. The fourth-order valence-electron chi connectivity index (χ4n) is 8.80. The second-order valence-electron chi connectivity index (χ2n) is 20.0. The molecule has 20 nitrogen and oxygen atoms in total. The van der Waals surface area contributed by atoms with Gasteiger partial charge in [-0.1, -0.05) is 168 Å². The van der Waals surface area contributed by atoms with Crippen molar-refractivity contribution in [2.45, 2.75) is 200 Å². The summed E-state index contributed by atoms with van der Waals surface area (Å²) in [4.78, 5) is 90.6. The number of carbonyl (C=O) groups excluding carboxylic acids is 3. The van der Waals surface area contributed by atoms with Gasteiger partial charge in [-0.25, -0.2) is 4.57 Å². The summed E-state index contributed by atoms with van der Waals surface area (Å²) < 4.78 is 34.3. The van der Waals surface area contributed by atoms with E-state index in [2.05, 4.69) is 19.2 Å². The number of esters is 2. The molecule has 1 rings (SSSR count). The molecule has 1 heterocycles. The molecule has 2 atom stereocenters. The minimum absolute atomic E-state index is 0. The van der Waals surface area contributed by atoms with Crippen LogP contribution in [-0.2, 0) is 51.9 Å². The summed E-state index contributed by atoms with van der Waals surface area (Å²) in [5.41, 5.74) is 0. The largest absolute Gasteiger partial charge is 3.00 e. The number of unbranched alkanes of at least 4 members (excludes halogenated alkanes) is 24. The number of ether oxygens (including phenoxy) is 2. The van der Waals surface area contributed by atoms with Crippen LogP contribution in [0.25, 0.3) is 0 Å². The minimum atomic E-state index is -4.74. The van der Waals surface area contributed by atoms with Gasteiger partial charge in [-0.2, -0.15) is 0 Å². The molecule has 75 heavy (non-hydrogen) atoms. The van der Waals surface area contributed by atoms with Crippen LogP contribution in [0, 0.1) is 39.9 Å². The number of phosphoric acid groups is 1. The molecule has 0 aromatic rings. The third-order valence-corrected chi connectivity index (χ3v) is 14.2. The fraction of sp³-hybridized carbons (Fsp3) is 0.887. The van der Waals surface area contributed by atoms with Crippen molar-refractivity contribution in [2.24, 2.45) is 0 Å². The number of nitrogens with zero attached hydrogens (tertiary/aromatic N) is 4. The molecule has 5 N–H and O–H groups in total. The first-order valence-electron chi connectivity index (χ1n) is 28.4. The average molecular weight is 1240 g/mol. The molecule has 0 bridgehead atoms. The van der Waals surface area contributed by atoms with Gasteiger partial charge < -0.3 is 35.0 Å². The Morgan fingerprint density at radius 1 is 0.467 bits per heavy atom. The smallest absolute Gasteiger partial charge is 0.480 e. The molecule has 0 aliphatic carbocycles. The monoisotopic (exact) mass is 1240 g/mol. The molecule has 0 saturated carbocycles. The van der Waals surface area contributed by atoms with Crippen LogP contribution in [0.15, 0.2) is 0 Å². The number of hydrogen-bond acceptors (Lipinski definition) is 15. The van der Waals surface area contributed by atoms with Gasteiger partial charge in [-0.3, -0.25) is 57.4 Å². The average Bonchev–Trinajstić information content (AvgIpc) is 3.34. The van der Waals surface area contributed by atoms with E-state index in [0.29, 0.717) is 12.8 Å². The third-order valence-electron chi connectivity index (χ3n) is 13.2. The van der Waals surface area contributed by atoms with Crippen molar-refractivity contribution in [3.63, 3.8) is 0 Å². The van der Waals surface area contributed by atoms with E-state index < -0.39 is 62.9 Å². The SMILES string of the molecule is CCCCCCCCCCCCCCCC(=O)OC[C@H](COP(=O)(O)OCCNC(=O)CN1CCN(CC(=O)O)CCN(CC(=O)O)CCN(CC(=O)O)CC1)OC(=O)CCCCCCCCCCCCCCC.[Gd+3]. The first kappa shape index (κ1) is 73.1. The Balaban J connectivity index is 0.0000548. The van der Waals surface area contributed by atoms with Crippen LogP contribution in [0.2, 0.25) is 0 Å². The molecule has 1 amide bonds. The summed E-state index contributed by atoms with van der Waals surface area (Å²) in [6, 6.07) is 0. The van der Waals surface area contributed by atoms with Crippen molar-refractivity contribution in [3.05, 3.63) is 0 Å². The van der Waals surface area contributed by atoms with Crippen LogP contribution in [0.4, 0.5) is 0 Å². The molecule has 1 radical (unpaired) electrons. The Morgan fingerprint density at radius 2 is 0.787 bits per heavy atom. The maximum Gasteiger partial charge on any atom is 3.00 e. The standard InChI is InChI=1S/C53H100N5O15P.Gd/c1-3-5-7-9-11-13-15-17-19-21-23-25-27-29-52(66)70-45-47(73-53(67)30-28-26-24-22-20-18-16-14-12-10-8-6-4-2)46-72-74(68,69)71-40-31-54-48(59)41-55-32-34-56(42-49(60)61)36-38-58(44-51(64)65)39-37-57(35-33-55)43-50(62)63;/h47H,3-46H2,1-2H3,(H,54,59)(H,60,61)(H,62,63)(H,64,65)(H,68,69);/q;+3/t47-;/m1./s1. The van der Waals surface area contributed by atoms with E-state index in [0.717, 1.165) is 38.5 Å². The van der Waals surface area contributed by atoms with Crippen LogP contribution in [0.5, 0.6) is 0 Å². The van der Waals surface area contributed by atoms with E-state index >= 15 is 0 Å². The number of carbonyl (C=O) groups is 6. The van der Waals surface area contributed by atoms with Gasteiger partial charge in [0.25, 0.3) is 0 Å². The van der Waals surface area contributed by atoms with Gasteiger partial charge in [0.05, 0.1) is 39.4 Å². The van der Waals surface area contributed by atoms with Crippen molar-refractivity contribution in [2.75, 3.05) is 105 Å². The van der Waals surface area contributed by atoms with Crippen LogP contribution in [0.3, 0.4) is 0 Å². The molecular formula is C53H100GdN5O15P+3. The van der Waals surface area contributed by atoms with Gasteiger partial charge in [-0.15, -0.1) is 0 Å². The van der Waals surface area contributed by atoms with Crippen LogP contribution < -0.4 is 5.32 Å². The zero-order valence-electron chi connectivity index (χ0n) is 46.1. The normalized spacial score (nSPS) is 15.7. The molecule has 1 aliphatic heterocycles. The van der Waals surface area contributed by atoms with Crippen molar-refractivity contribution in [3.8, 4) is 0 Å². The Morgan fingerprint density at radius 3 is 1.13 bits per heavy atom. The molecule has 0 aromatic carbocycles. The van der Waals surface area contributed by atoms with Gasteiger partial charge in [0.2, 0.25) is 5.91 Å². The number of nitrogens with one attached hydrogen (secondary N) is 1. The number of carboxylic acid groups (broad SMARTS) is 3. The van der Waals surface area contributed by atoms with Gasteiger partial charge in [0.1, 0.15) is 6.61 Å². The quantitative estimate of drug-likeness (QED) is 0.0219. The number of aliphatic carboxylic acids is 3. The molecule has 1 unspecified atom stereocenters. The first-order chi connectivity index (χ1) is 35.6. The summed E-state index contributed by atoms with van der Waals surface area (Å²) in [6.45, 7) is 3.67. The van der Waals surface area contributed by atoms with Crippen LogP contribution in [0.1, 0.15) is 194 Å². The predicted molar refractivity (Wildman–Crippen MR) is 285 cm³/mol. The summed E-state index contributed by atoms with van der Waals surface area (Å²) in [5.74, 6) is -4.67. The molecule has 1 aliphatic rings. The summed E-state index contributed by atoms with van der Waals surface area (Å²) in [5, 5.41) is 31.0. The predicted octanol–water partition coefficient (Wildman–Crippen LogP) is 8.13. The van der Waals surface area contributed by atoms with Gasteiger partial charge in [0, 0.05) is 71.7 Å². The number of rotatable bonds is 46. The summed E-state index contributed by atoms with van der Waals surface area (Å²) >= 11 is 0. The first-order valence-corrected chi connectivity index (χ1v) is 29.9. The van der Waals surface area contributed by atoms with E-state index in [1.54, 1.807) is 19.6 Å². The molecule has 1 fully saturated rings. The van der Waals surface area contributed by atoms with Crippen molar-refractivity contribution >= 4 is 43.6 Å². The number of phosphoric ester groups is 1. The Labute approximate surface area is 482 Å². The molecule has 437 valence electrons. The maximum absolute atomic E-state index is 13.1. The van der Waals surface area contributed by atoms with Gasteiger partial charge in [0.15, 0.2) is 6.10 Å². The van der Waals surface area contributed by atoms with Crippen molar-refractivity contribution in [1.82, 2.24) is 24.9 Å². The third kappa shape index (κ3) is 46.7. The van der Waals surface area contributed by atoms with Gasteiger partial charge in [-0.05, 0) is 12.8 Å². The fourth-order valence-corrected chi connectivity index (χ4v) is 9.55.